The van der Waals surface area contributed by atoms with Crippen LogP contribution in [0.5, 0.6) is 0 Å². The van der Waals surface area contributed by atoms with E-state index in [4.69, 9.17) is 0 Å². The Morgan fingerprint density at radius 1 is 0.900 bits per heavy atom. The van der Waals surface area contributed by atoms with Crippen LogP contribution in [0, 0.1) is 0 Å². The van der Waals surface area contributed by atoms with Gasteiger partial charge in [-0.05, 0) is 0 Å². The summed E-state index contributed by atoms with van der Waals surface area (Å²) in [6.07, 6.45) is 5.87. The van der Waals surface area contributed by atoms with Gasteiger partial charge in [-0.1, -0.05) is 0 Å². The maximum absolute atomic E-state index is 2.29. The minimum absolute atomic E-state index is 0. The van der Waals surface area contributed by atoms with E-state index in [9.17, 15) is 0 Å². The summed E-state index contributed by atoms with van der Waals surface area (Å²) in [6, 6.07) is 0. The van der Waals surface area contributed by atoms with Crippen molar-refractivity contribution in [2.45, 2.75) is 47.9 Å². The predicted molar refractivity (Wildman–Crippen MR) is 43.0 cm³/mol. The van der Waals surface area contributed by atoms with Gasteiger partial charge in [-0.3, -0.25) is 0 Å². The Kier molecular flexibility index (Phi) is 16.8. The molecule has 0 aromatic rings. The molecule has 0 aliphatic heterocycles. The second kappa shape index (κ2) is 12.5. The fraction of sp³-hybridized carbons (Fsp3) is 1.00. The minimum Gasteiger partial charge on any atom is -0.412 e. The summed E-state index contributed by atoms with van der Waals surface area (Å²) in [4.78, 5) is 0. The van der Waals surface area contributed by atoms with Crippen LogP contribution in [0.15, 0.2) is 0 Å². The Balaban J connectivity index is 0. The van der Waals surface area contributed by atoms with Gasteiger partial charge < -0.3 is 5.48 Å². The topological polar surface area (TPSA) is 31.5 Å². The fourth-order valence-corrected chi connectivity index (χ4v) is 5.96. The van der Waals surface area contributed by atoms with Crippen molar-refractivity contribution in [2.75, 3.05) is 0 Å². The summed E-state index contributed by atoms with van der Waals surface area (Å²) in [5, 5.41) is 0. The van der Waals surface area contributed by atoms with Crippen molar-refractivity contribution in [3.8, 4) is 0 Å². The quantitative estimate of drug-likeness (QED) is 0.534. The largest absolute Gasteiger partial charge is 0.412 e. The molecule has 0 rings (SSSR count). The molecule has 0 unspecified atom stereocenters. The zero-order valence-electron chi connectivity index (χ0n) is 7.24. The molecule has 0 bridgehead atoms. The van der Waals surface area contributed by atoms with E-state index in [1.807, 2.05) is 0 Å². The maximum Gasteiger partial charge on any atom is -0.412 e. The Hall–Kier alpha value is 0.830. The van der Waals surface area contributed by atoms with Crippen LogP contribution in [0.25, 0.3) is 0 Å². The van der Waals surface area contributed by atoms with Crippen LogP contribution in [0.4, 0.5) is 0 Å². The molecule has 0 aromatic heterocycles. The number of hydrogen-bond donors (Lipinski definition) is 0. The van der Waals surface area contributed by atoms with Gasteiger partial charge in [0.2, 0.25) is 0 Å². The molecule has 0 aromatic carbocycles. The molecule has 0 amide bonds. The zero-order chi connectivity index (χ0) is 6.95. The van der Waals surface area contributed by atoms with Crippen molar-refractivity contribution >= 4 is 0 Å². The number of rotatable bonds is 6. The molecule has 0 radical (unpaired) electrons. The molecule has 0 aliphatic rings. The molecule has 0 spiro atoms. The monoisotopic (exact) mass is 312 g/mol. The standard InChI is InChI=1S/2C4H9.Hf.H2O/c2*1-3-4-2;;/h2*1,3-4H2,2H3;;1H2. The molecular weight excluding hydrogens is 291 g/mol. The van der Waals surface area contributed by atoms with Crippen LogP contribution in [-0.2, 0) is 22.9 Å². The van der Waals surface area contributed by atoms with Crippen molar-refractivity contribution in [3.05, 3.63) is 0 Å². The van der Waals surface area contributed by atoms with Gasteiger partial charge in [0, 0.05) is 0 Å². The molecule has 10 heavy (non-hydrogen) atoms. The van der Waals surface area contributed by atoms with Crippen LogP contribution < -0.4 is 0 Å². The van der Waals surface area contributed by atoms with Gasteiger partial charge in [0.25, 0.3) is 0 Å². The number of unbranched alkanes of at least 4 members (excludes halogenated alkanes) is 2. The first-order chi connectivity index (χ1) is 4.41. The Labute approximate surface area is 76.3 Å². The maximum atomic E-state index is 2.29. The van der Waals surface area contributed by atoms with Gasteiger partial charge in [-0.15, -0.1) is 0 Å². The smallest absolute Gasteiger partial charge is 0.412 e. The van der Waals surface area contributed by atoms with Gasteiger partial charge in [0.1, 0.15) is 0 Å². The molecule has 2 heteroatoms. The second-order valence-electron chi connectivity index (χ2n) is 2.46. The SMILES string of the molecule is CCC[CH2][Hf][CH2]CCC.O. The van der Waals surface area contributed by atoms with Gasteiger partial charge in [0.05, 0.1) is 0 Å². The molecule has 0 fully saturated rings. The van der Waals surface area contributed by atoms with Crippen LogP contribution in [0.3, 0.4) is 0 Å². The molecule has 0 saturated carbocycles. The van der Waals surface area contributed by atoms with Gasteiger partial charge in [0.15, 0.2) is 0 Å². The minimum atomic E-state index is -0.0390. The summed E-state index contributed by atoms with van der Waals surface area (Å²) < 4.78 is 3.30. The van der Waals surface area contributed by atoms with E-state index in [1.54, 1.807) is 8.35 Å². The van der Waals surface area contributed by atoms with Gasteiger partial charge in [-0.25, -0.2) is 0 Å². The molecule has 2 N–H and O–H groups in total. The molecule has 0 saturated heterocycles. The first kappa shape index (κ1) is 13.4. The Morgan fingerprint density at radius 3 is 1.60 bits per heavy atom. The summed E-state index contributed by atoms with van der Waals surface area (Å²) in [6.45, 7) is 4.59. The second-order valence-corrected chi connectivity index (χ2v) is 7.85. The molecular formula is C8H20HfO. The van der Waals surface area contributed by atoms with Crippen molar-refractivity contribution in [3.63, 3.8) is 0 Å². The first-order valence-corrected chi connectivity index (χ1v) is 9.20. The molecule has 62 valence electrons. The molecule has 0 aliphatic carbocycles. The number of hydrogen-bond acceptors (Lipinski definition) is 0. The van der Waals surface area contributed by atoms with Crippen molar-refractivity contribution in [2.24, 2.45) is 0 Å². The third-order valence-electron chi connectivity index (χ3n) is 1.41. The molecule has 0 heterocycles. The van der Waals surface area contributed by atoms with Crippen LogP contribution in [0.1, 0.15) is 39.5 Å². The van der Waals surface area contributed by atoms with E-state index >= 15 is 0 Å². The third-order valence-corrected chi connectivity index (χ3v) is 6.50. The van der Waals surface area contributed by atoms with E-state index in [1.165, 1.54) is 25.7 Å². The van der Waals surface area contributed by atoms with E-state index in [-0.39, 0.29) is 28.4 Å². The summed E-state index contributed by atoms with van der Waals surface area (Å²) in [5.41, 5.74) is 0. The van der Waals surface area contributed by atoms with E-state index in [0.29, 0.717) is 0 Å². The summed E-state index contributed by atoms with van der Waals surface area (Å²) in [7, 11) is 0. The van der Waals surface area contributed by atoms with E-state index in [2.05, 4.69) is 13.8 Å². The van der Waals surface area contributed by atoms with Crippen molar-refractivity contribution in [1.82, 2.24) is 0 Å². The first-order valence-electron chi connectivity index (χ1n) is 4.12. The Morgan fingerprint density at radius 2 is 1.30 bits per heavy atom. The van der Waals surface area contributed by atoms with Crippen molar-refractivity contribution in [1.29, 1.82) is 0 Å². The molecule has 0 atom stereocenters. The average molecular weight is 311 g/mol. The normalized spacial score (nSPS) is 8.60. The Bertz CT molecular complexity index is 42.5. The summed E-state index contributed by atoms with van der Waals surface area (Å²) in [5.74, 6) is 0. The third kappa shape index (κ3) is 11.6. The predicted octanol–water partition coefficient (Wildman–Crippen LogP) is 2.68. The fourth-order valence-electron chi connectivity index (χ4n) is 0.729. The van der Waals surface area contributed by atoms with Crippen LogP contribution in [0.2, 0.25) is 8.35 Å². The van der Waals surface area contributed by atoms with E-state index < -0.39 is 0 Å². The van der Waals surface area contributed by atoms with Crippen LogP contribution in [-0.4, -0.2) is 5.48 Å². The van der Waals surface area contributed by atoms with Crippen molar-refractivity contribution < 1.29 is 28.4 Å². The molecule has 1 nitrogen and oxygen atoms in total. The van der Waals surface area contributed by atoms with Gasteiger partial charge >= 0.3 is 70.8 Å². The van der Waals surface area contributed by atoms with Crippen LogP contribution >= 0.6 is 0 Å². The van der Waals surface area contributed by atoms with E-state index in [0.717, 1.165) is 0 Å². The average Bonchev–Trinajstić information content (AvgIpc) is 1.89. The zero-order valence-corrected chi connectivity index (χ0v) is 10.8. The summed E-state index contributed by atoms with van der Waals surface area (Å²) >= 11 is -0.0390. The van der Waals surface area contributed by atoms with Gasteiger partial charge in [-0.2, -0.15) is 0 Å².